The summed E-state index contributed by atoms with van der Waals surface area (Å²) in [5, 5.41) is 0. The lowest BCUT2D eigenvalue weighted by atomic mass is 10.4. The molecule has 0 unspecified atom stereocenters. The van der Waals surface area contributed by atoms with Crippen molar-refractivity contribution in [3.8, 4) is 0 Å². The van der Waals surface area contributed by atoms with E-state index in [4.69, 9.17) is 4.74 Å². The summed E-state index contributed by atoms with van der Waals surface area (Å²) >= 11 is 0. The number of anilines is 1. The van der Waals surface area contributed by atoms with Crippen molar-refractivity contribution in [3.63, 3.8) is 0 Å². The lowest BCUT2D eigenvalue weighted by molar-refractivity contribution is 0.106. The van der Waals surface area contributed by atoms with E-state index in [1.807, 2.05) is 24.2 Å². The molecule has 1 aromatic heterocycles. The van der Waals surface area contributed by atoms with Crippen molar-refractivity contribution in [1.82, 2.24) is 9.97 Å². The molecule has 0 aromatic carbocycles. The van der Waals surface area contributed by atoms with Crippen LogP contribution < -0.4 is 4.90 Å². The molecule has 4 nitrogen and oxygen atoms in total. The van der Waals surface area contributed by atoms with Crippen LogP contribution in [0.1, 0.15) is 12.0 Å². The molecule has 0 N–H and O–H groups in total. The van der Waals surface area contributed by atoms with E-state index in [0.29, 0.717) is 6.73 Å². The van der Waals surface area contributed by atoms with E-state index in [0.717, 1.165) is 31.1 Å². The van der Waals surface area contributed by atoms with Gasteiger partial charge in [-0.3, -0.25) is 0 Å². The van der Waals surface area contributed by atoms with Crippen molar-refractivity contribution in [2.45, 2.75) is 13.3 Å². The fourth-order valence-electron chi connectivity index (χ4n) is 1.30. The lowest BCUT2D eigenvalue weighted by Gasteiger charge is -2.26. The molecule has 13 heavy (non-hydrogen) atoms. The van der Waals surface area contributed by atoms with Crippen LogP contribution in [-0.2, 0) is 4.74 Å². The summed E-state index contributed by atoms with van der Waals surface area (Å²) < 4.78 is 5.31. The first-order valence-corrected chi connectivity index (χ1v) is 4.47. The number of hydrogen-bond donors (Lipinski definition) is 0. The minimum atomic E-state index is 0.614. The Hall–Kier alpha value is -1.16. The van der Waals surface area contributed by atoms with E-state index in [1.165, 1.54) is 0 Å². The van der Waals surface area contributed by atoms with Gasteiger partial charge in [0.25, 0.3) is 0 Å². The van der Waals surface area contributed by atoms with E-state index in [9.17, 15) is 0 Å². The van der Waals surface area contributed by atoms with Crippen LogP contribution in [0.15, 0.2) is 12.4 Å². The lowest BCUT2D eigenvalue weighted by Crippen LogP contribution is -2.34. The summed E-state index contributed by atoms with van der Waals surface area (Å²) in [6.07, 6.45) is 4.71. The van der Waals surface area contributed by atoms with Gasteiger partial charge in [-0.25, -0.2) is 9.97 Å². The monoisotopic (exact) mass is 179 g/mol. The maximum Gasteiger partial charge on any atom is 0.227 e. The highest BCUT2D eigenvalue weighted by Gasteiger charge is 2.12. The van der Waals surface area contributed by atoms with E-state index in [2.05, 4.69) is 9.97 Å². The van der Waals surface area contributed by atoms with Gasteiger partial charge in [-0.1, -0.05) is 0 Å². The third kappa shape index (κ3) is 1.95. The molecule has 0 aliphatic carbocycles. The van der Waals surface area contributed by atoms with Gasteiger partial charge >= 0.3 is 0 Å². The van der Waals surface area contributed by atoms with Gasteiger partial charge in [0, 0.05) is 18.9 Å². The highest BCUT2D eigenvalue weighted by molar-refractivity contribution is 5.28. The minimum Gasteiger partial charge on any atom is -0.361 e. The Morgan fingerprint density at radius 3 is 2.77 bits per heavy atom. The quantitative estimate of drug-likeness (QED) is 0.644. The Labute approximate surface area is 77.6 Å². The molecule has 0 atom stereocenters. The summed E-state index contributed by atoms with van der Waals surface area (Å²) in [6, 6.07) is 0. The second-order valence-corrected chi connectivity index (χ2v) is 3.21. The van der Waals surface area contributed by atoms with Gasteiger partial charge < -0.3 is 9.64 Å². The summed E-state index contributed by atoms with van der Waals surface area (Å²) in [6.45, 7) is 4.44. The molecule has 70 valence electrons. The van der Waals surface area contributed by atoms with Crippen molar-refractivity contribution < 1.29 is 4.74 Å². The normalized spacial score (nSPS) is 17.5. The van der Waals surface area contributed by atoms with E-state index in [1.54, 1.807) is 0 Å². The molecule has 0 bridgehead atoms. The number of rotatable bonds is 1. The topological polar surface area (TPSA) is 38.2 Å². The van der Waals surface area contributed by atoms with Crippen molar-refractivity contribution in [3.05, 3.63) is 18.0 Å². The zero-order valence-electron chi connectivity index (χ0n) is 7.73. The largest absolute Gasteiger partial charge is 0.361 e. The van der Waals surface area contributed by atoms with Crippen LogP contribution in [0.3, 0.4) is 0 Å². The smallest absolute Gasteiger partial charge is 0.227 e. The Morgan fingerprint density at radius 2 is 2.15 bits per heavy atom. The summed E-state index contributed by atoms with van der Waals surface area (Å²) in [5.74, 6) is 0.769. The van der Waals surface area contributed by atoms with Crippen LogP contribution >= 0.6 is 0 Å². The predicted octanol–water partition coefficient (Wildman–Crippen LogP) is 0.969. The van der Waals surface area contributed by atoms with Crippen molar-refractivity contribution in [2.24, 2.45) is 0 Å². The Bertz CT molecular complexity index is 267. The maximum atomic E-state index is 5.31. The van der Waals surface area contributed by atoms with Gasteiger partial charge in [0.05, 0.1) is 6.61 Å². The zero-order valence-corrected chi connectivity index (χ0v) is 7.73. The number of aryl methyl sites for hydroxylation is 1. The molecule has 1 aromatic rings. The maximum absolute atomic E-state index is 5.31. The first kappa shape index (κ1) is 8.44. The predicted molar refractivity (Wildman–Crippen MR) is 49.6 cm³/mol. The Balaban J connectivity index is 2.10. The molecule has 0 spiro atoms. The van der Waals surface area contributed by atoms with E-state index >= 15 is 0 Å². The third-order valence-electron chi connectivity index (χ3n) is 2.01. The van der Waals surface area contributed by atoms with Gasteiger partial charge in [-0.15, -0.1) is 0 Å². The molecular formula is C9H13N3O. The van der Waals surface area contributed by atoms with Crippen molar-refractivity contribution in [2.75, 3.05) is 24.8 Å². The van der Waals surface area contributed by atoms with Crippen molar-refractivity contribution in [1.29, 1.82) is 0 Å². The van der Waals surface area contributed by atoms with Gasteiger partial charge in [-0.05, 0) is 18.9 Å². The van der Waals surface area contributed by atoms with Crippen LogP contribution in [0.5, 0.6) is 0 Å². The highest BCUT2D eigenvalue weighted by atomic mass is 16.5. The molecule has 1 fully saturated rings. The van der Waals surface area contributed by atoms with E-state index < -0.39 is 0 Å². The molecule has 4 heteroatoms. The third-order valence-corrected chi connectivity index (χ3v) is 2.01. The number of nitrogens with zero attached hydrogens (tertiary/aromatic N) is 3. The molecule has 1 saturated heterocycles. The molecule has 1 aliphatic rings. The number of aromatic nitrogens is 2. The van der Waals surface area contributed by atoms with Crippen LogP contribution in [0, 0.1) is 6.92 Å². The molecule has 2 heterocycles. The average Bonchev–Trinajstić information content (AvgIpc) is 2.20. The fraction of sp³-hybridized carbons (Fsp3) is 0.556. The number of ether oxygens (including phenoxy) is 1. The molecule has 1 aliphatic heterocycles. The summed E-state index contributed by atoms with van der Waals surface area (Å²) in [5.41, 5.74) is 1.08. The fourth-order valence-corrected chi connectivity index (χ4v) is 1.30. The van der Waals surface area contributed by atoms with E-state index in [-0.39, 0.29) is 0 Å². The Kier molecular flexibility index (Phi) is 2.40. The van der Waals surface area contributed by atoms with Crippen LogP contribution in [-0.4, -0.2) is 29.9 Å². The zero-order chi connectivity index (χ0) is 9.10. The minimum absolute atomic E-state index is 0.614. The first-order chi connectivity index (χ1) is 6.36. The molecule has 2 rings (SSSR count). The van der Waals surface area contributed by atoms with Crippen molar-refractivity contribution >= 4 is 5.95 Å². The second-order valence-electron chi connectivity index (χ2n) is 3.21. The summed E-state index contributed by atoms with van der Waals surface area (Å²) in [4.78, 5) is 10.5. The molecule has 0 amide bonds. The van der Waals surface area contributed by atoms with Crippen LogP contribution in [0.2, 0.25) is 0 Å². The number of hydrogen-bond acceptors (Lipinski definition) is 4. The van der Waals surface area contributed by atoms with Crippen LogP contribution in [0.4, 0.5) is 5.95 Å². The van der Waals surface area contributed by atoms with Gasteiger partial charge in [-0.2, -0.15) is 0 Å². The summed E-state index contributed by atoms with van der Waals surface area (Å²) in [7, 11) is 0. The Morgan fingerprint density at radius 1 is 1.38 bits per heavy atom. The van der Waals surface area contributed by atoms with Gasteiger partial charge in [0.15, 0.2) is 0 Å². The molecule has 0 saturated carbocycles. The molecular weight excluding hydrogens is 166 g/mol. The first-order valence-electron chi connectivity index (χ1n) is 4.47. The second kappa shape index (κ2) is 3.70. The average molecular weight is 179 g/mol. The highest BCUT2D eigenvalue weighted by Crippen LogP contribution is 2.10. The SMILES string of the molecule is Cc1cnc(N2CCCOC2)nc1. The van der Waals surface area contributed by atoms with Gasteiger partial charge in [0.1, 0.15) is 6.73 Å². The molecule has 0 radical (unpaired) electrons. The standard InChI is InChI=1S/C9H13N3O/c1-8-5-10-9(11-6-8)12-3-2-4-13-7-12/h5-6H,2-4,7H2,1H3. The van der Waals surface area contributed by atoms with Crippen LogP contribution in [0.25, 0.3) is 0 Å². The van der Waals surface area contributed by atoms with Gasteiger partial charge in [0.2, 0.25) is 5.95 Å².